The van der Waals surface area contributed by atoms with Crippen LogP contribution in [0.1, 0.15) is 56.8 Å². The van der Waals surface area contributed by atoms with Gasteiger partial charge in [-0.2, -0.15) is 0 Å². The molecule has 0 N–H and O–H groups in total. The third kappa shape index (κ3) is 3.17. The Labute approximate surface area is 174 Å². The lowest BCUT2D eigenvalue weighted by Gasteiger charge is -2.18. The van der Waals surface area contributed by atoms with Crippen molar-refractivity contribution in [2.24, 2.45) is 0 Å². The van der Waals surface area contributed by atoms with Crippen molar-refractivity contribution >= 4 is 11.9 Å². The van der Waals surface area contributed by atoms with Crippen LogP contribution in [-0.4, -0.2) is 23.9 Å². The Kier molecular flexibility index (Phi) is 4.60. The molecule has 3 aromatic carbocycles. The molecule has 0 spiro atoms. The number of esters is 2. The van der Waals surface area contributed by atoms with E-state index in [0.717, 1.165) is 24.0 Å². The van der Waals surface area contributed by atoms with Crippen molar-refractivity contribution in [1.82, 2.24) is 4.90 Å². The topological polar surface area (TPSA) is 55.8 Å². The van der Waals surface area contributed by atoms with Crippen LogP contribution in [0, 0.1) is 0 Å². The Bertz CT molecular complexity index is 1020. The number of carbonyl (C=O) groups excluding carboxylic acids is 2. The lowest BCUT2D eigenvalue weighted by atomic mass is 9.91. The van der Waals surface area contributed by atoms with Crippen LogP contribution in [0.2, 0.25) is 0 Å². The highest BCUT2D eigenvalue weighted by atomic mass is 16.6. The molecule has 2 aliphatic heterocycles. The van der Waals surface area contributed by atoms with E-state index in [0.29, 0.717) is 23.2 Å². The van der Waals surface area contributed by atoms with Crippen LogP contribution in [0.25, 0.3) is 0 Å². The quantitative estimate of drug-likeness (QED) is 0.459. The van der Waals surface area contributed by atoms with Gasteiger partial charge >= 0.3 is 11.9 Å². The predicted molar refractivity (Wildman–Crippen MR) is 112 cm³/mol. The Morgan fingerprint density at radius 2 is 1.13 bits per heavy atom. The summed E-state index contributed by atoms with van der Waals surface area (Å²) >= 11 is 0. The molecule has 30 heavy (non-hydrogen) atoms. The molecule has 2 unspecified atom stereocenters. The minimum atomic E-state index is -0.482. The lowest BCUT2D eigenvalue weighted by Crippen LogP contribution is -2.13. The average Bonchev–Trinajstić information content (AvgIpc) is 3.27. The number of nitrogens with zero attached hydrogens (tertiary/aromatic N) is 1. The molecule has 2 bridgehead atoms. The molecule has 0 aliphatic carbocycles. The summed E-state index contributed by atoms with van der Waals surface area (Å²) in [5, 5.41) is 0. The van der Waals surface area contributed by atoms with E-state index in [1.165, 1.54) is 0 Å². The number of rotatable bonds is 4. The first-order valence-electron chi connectivity index (χ1n) is 10.1. The van der Waals surface area contributed by atoms with Gasteiger partial charge in [-0.3, -0.25) is 4.90 Å². The average molecular weight is 399 g/mol. The van der Waals surface area contributed by atoms with Crippen LogP contribution in [0.4, 0.5) is 0 Å². The van der Waals surface area contributed by atoms with Crippen molar-refractivity contribution < 1.29 is 19.1 Å². The summed E-state index contributed by atoms with van der Waals surface area (Å²) in [5.74, 6) is -0.422. The van der Waals surface area contributed by atoms with Gasteiger partial charge in [-0.1, -0.05) is 36.4 Å². The Morgan fingerprint density at radius 3 is 1.53 bits per heavy atom. The van der Waals surface area contributed by atoms with Gasteiger partial charge in [-0.05, 0) is 67.4 Å². The molecule has 2 atom stereocenters. The normalized spacial score (nSPS) is 19.4. The number of benzene rings is 3. The van der Waals surface area contributed by atoms with Gasteiger partial charge in [-0.25, -0.2) is 9.59 Å². The molecule has 2 aliphatic rings. The first-order valence-corrected chi connectivity index (χ1v) is 10.1. The van der Waals surface area contributed by atoms with E-state index >= 15 is 0 Å². The molecule has 5 heteroatoms. The summed E-state index contributed by atoms with van der Waals surface area (Å²) in [6.45, 7) is 0. The number of hydrogen-bond donors (Lipinski definition) is 0. The van der Waals surface area contributed by atoms with Gasteiger partial charge in [0, 0.05) is 12.1 Å². The van der Waals surface area contributed by atoms with Crippen LogP contribution in [0.15, 0.2) is 72.8 Å². The molecule has 2 heterocycles. The van der Waals surface area contributed by atoms with Crippen LogP contribution in [0.3, 0.4) is 0 Å². The highest BCUT2D eigenvalue weighted by Crippen LogP contribution is 2.54. The molecule has 1 saturated heterocycles. The van der Waals surface area contributed by atoms with E-state index < -0.39 is 11.9 Å². The third-order valence-corrected chi connectivity index (χ3v) is 5.99. The fraction of sp³-hybridized carbons (Fsp3) is 0.200. The van der Waals surface area contributed by atoms with Gasteiger partial charge in [0.15, 0.2) is 11.5 Å². The summed E-state index contributed by atoms with van der Waals surface area (Å²) in [4.78, 5) is 27.7. The number of hydrogen-bond acceptors (Lipinski definition) is 5. The van der Waals surface area contributed by atoms with Crippen LogP contribution < -0.4 is 9.47 Å². The minimum absolute atomic E-state index is 0.271. The van der Waals surface area contributed by atoms with E-state index in [4.69, 9.17) is 9.47 Å². The van der Waals surface area contributed by atoms with Gasteiger partial charge in [0.2, 0.25) is 0 Å². The Morgan fingerprint density at radius 1 is 0.733 bits per heavy atom. The standard InChI is InChI=1S/C25H21NO4/c1-26-20-12-13-21(26)19-15-23(30-25(28)17-10-6-3-7-11-17)22(14-18(19)20)29-24(27)16-8-4-2-5-9-16/h2-11,14-15,20-21H,12-13H2,1H3. The molecule has 150 valence electrons. The zero-order valence-electron chi connectivity index (χ0n) is 16.6. The molecule has 5 nitrogen and oxygen atoms in total. The maximum atomic E-state index is 12.7. The lowest BCUT2D eigenvalue weighted by molar-refractivity contribution is 0.0682. The van der Waals surface area contributed by atoms with E-state index in [2.05, 4.69) is 11.9 Å². The zero-order chi connectivity index (χ0) is 20.7. The molecule has 0 aromatic heterocycles. The predicted octanol–water partition coefficient (Wildman–Crippen LogP) is 4.95. The summed E-state index contributed by atoms with van der Waals surface area (Å²) in [6.07, 6.45) is 2.15. The molecule has 1 fully saturated rings. The monoisotopic (exact) mass is 399 g/mol. The Balaban J connectivity index is 1.51. The smallest absolute Gasteiger partial charge is 0.343 e. The van der Waals surface area contributed by atoms with Crippen molar-refractivity contribution in [2.45, 2.75) is 24.9 Å². The number of ether oxygens (including phenoxy) is 2. The van der Waals surface area contributed by atoms with Gasteiger partial charge in [0.1, 0.15) is 0 Å². The van der Waals surface area contributed by atoms with Crippen LogP contribution in [0.5, 0.6) is 11.5 Å². The summed E-state index contributed by atoms with van der Waals surface area (Å²) in [7, 11) is 2.10. The van der Waals surface area contributed by atoms with Gasteiger partial charge in [-0.15, -0.1) is 0 Å². The molecule has 0 amide bonds. The second kappa shape index (κ2) is 7.43. The van der Waals surface area contributed by atoms with Gasteiger partial charge in [0.05, 0.1) is 11.1 Å². The minimum Gasteiger partial charge on any atom is -0.419 e. The number of carbonyl (C=O) groups is 2. The second-order valence-electron chi connectivity index (χ2n) is 7.71. The van der Waals surface area contributed by atoms with Crippen molar-refractivity contribution in [2.75, 3.05) is 7.05 Å². The van der Waals surface area contributed by atoms with Crippen molar-refractivity contribution in [3.05, 3.63) is 95.1 Å². The first kappa shape index (κ1) is 18.6. The maximum absolute atomic E-state index is 12.7. The highest BCUT2D eigenvalue weighted by molar-refractivity contribution is 5.93. The highest BCUT2D eigenvalue weighted by Gasteiger charge is 2.42. The number of fused-ring (bicyclic) bond motifs is 5. The molecular formula is C25H21NO4. The van der Waals surface area contributed by atoms with Crippen molar-refractivity contribution in [1.29, 1.82) is 0 Å². The van der Waals surface area contributed by atoms with Crippen LogP contribution >= 0.6 is 0 Å². The van der Waals surface area contributed by atoms with E-state index in [1.807, 2.05) is 24.3 Å². The van der Waals surface area contributed by atoms with E-state index in [9.17, 15) is 9.59 Å². The fourth-order valence-corrected chi connectivity index (χ4v) is 4.48. The summed E-state index contributed by atoms with van der Waals surface area (Å²) in [5.41, 5.74) is 3.17. The molecule has 5 rings (SSSR count). The SMILES string of the molecule is CN1C2CCC1c1cc(OC(=O)c3ccccc3)c(OC(=O)c3ccccc3)cc12. The first-order chi connectivity index (χ1) is 14.6. The summed E-state index contributed by atoms with van der Waals surface area (Å²) < 4.78 is 11.4. The molecule has 0 radical (unpaired) electrons. The van der Waals surface area contributed by atoms with Crippen LogP contribution in [-0.2, 0) is 0 Å². The molecule has 3 aromatic rings. The van der Waals surface area contributed by atoms with Gasteiger partial charge < -0.3 is 9.47 Å². The van der Waals surface area contributed by atoms with Crippen molar-refractivity contribution in [3.8, 4) is 11.5 Å². The maximum Gasteiger partial charge on any atom is 0.343 e. The largest absolute Gasteiger partial charge is 0.419 e. The zero-order valence-corrected chi connectivity index (χ0v) is 16.6. The van der Waals surface area contributed by atoms with E-state index in [1.54, 1.807) is 48.5 Å². The fourth-order valence-electron chi connectivity index (χ4n) is 4.48. The third-order valence-electron chi connectivity index (χ3n) is 5.99. The van der Waals surface area contributed by atoms with Crippen molar-refractivity contribution in [3.63, 3.8) is 0 Å². The Hall–Kier alpha value is -3.44. The van der Waals surface area contributed by atoms with Gasteiger partial charge in [0.25, 0.3) is 0 Å². The van der Waals surface area contributed by atoms with E-state index in [-0.39, 0.29) is 11.5 Å². The summed E-state index contributed by atoms with van der Waals surface area (Å²) in [6, 6.07) is 21.9. The molecule has 0 saturated carbocycles. The molecular weight excluding hydrogens is 378 g/mol. The second-order valence-corrected chi connectivity index (χ2v) is 7.71.